The minimum Gasteiger partial charge on any atom is -0.467 e. The van der Waals surface area contributed by atoms with Crippen LogP contribution in [0.4, 0.5) is 0 Å². The van der Waals surface area contributed by atoms with Gasteiger partial charge in [-0.3, -0.25) is 0 Å². The molecule has 3 heterocycles. The highest BCUT2D eigenvalue weighted by molar-refractivity contribution is 5.76. The molecule has 7 nitrogen and oxygen atoms in total. The van der Waals surface area contributed by atoms with E-state index in [1.807, 2.05) is 27.7 Å². The van der Waals surface area contributed by atoms with Crippen molar-refractivity contribution in [1.82, 2.24) is 0 Å². The molecule has 7 heteroatoms. The lowest BCUT2D eigenvalue weighted by Crippen LogP contribution is -2.40. The molecule has 3 aliphatic heterocycles. The van der Waals surface area contributed by atoms with Gasteiger partial charge in [-0.1, -0.05) is 0 Å². The summed E-state index contributed by atoms with van der Waals surface area (Å²) in [4.78, 5) is 11.9. The largest absolute Gasteiger partial charge is 0.467 e. The molecule has 5 atom stereocenters. The highest BCUT2D eigenvalue weighted by Crippen LogP contribution is 2.42. The van der Waals surface area contributed by atoms with Gasteiger partial charge in [0.05, 0.1) is 13.7 Å². The van der Waals surface area contributed by atoms with Crippen molar-refractivity contribution in [3.05, 3.63) is 0 Å². The fraction of sp³-hybridized carbons (Fsp3) is 0.929. The van der Waals surface area contributed by atoms with Crippen LogP contribution in [0.5, 0.6) is 0 Å². The number of esters is 1. The third kappa shape index (κ3) is 2.68. The van der Waals surface area contributed by atoms with Crippen LogP contribution in [0.3, 0.4) is 0 Å². The van der Waals surface area contributed by atoms with Crippen LogP contribution < -0.4 is 0 Å². The molecule has 0 aromatic rings. The molecule has 0 aromatic carbocycles. The summed E-state index contributed by atoms with van der Waals surface area (Å²) in [6.45, 7) is 7.69. The molecule has 21 heavy (non-hydrogen) atoms. The third-order valence-electron chi connectivity index (χ3n) is 3.92. The van der Waals surface area contributed by atoms with Gasteiger partial charge in [-0.2, -0.15) is 0 Å². The molecule has 0 aromatic heterocycles. The van der Waals surface area contributed by atoms with Gasteiger partial charge in [-0.05, 0) is 27.7 Å². The Bertz CT molecular complexity index is 433. The third-order valence-corrected chi connectivity index (χ3v) is 3.92. The van der Waals surface area contributed by atoms with E-state index in [9.17, 15) is 4.79 Å². The lowest BCUT2D eigenvalue weighted by Gasteiger charge is -2.26. The van der Waals surface area contributed by atoms with Gasteiger partial charge < -0.3 is 28.4 Å². The second-order valence-corrected chi connectivity index (χ2v) is 6.48. The molecular formula is C14H22O7. The second kappa shape index (κ2) is 4.89. The molecule has 0 spiro atoms. The molecule has 0 bridgehead atoms. The summed E-state index contributed by atoms with van der Waals surface area (Å²) in [6.07, 6.45) is -2.42. The van der Waals surface area contributed by atoms with E-state index >= 15 is 0 Å². The Balaban J connectivity index is 1.80. The number of ether oxygens (including phenoxy) is 6. The van der Waals surface area contributed by atoms with Crippen LogP contribution in [-0.2, 0) is 33.2 Å². The summed E-state index contributed by atoms with van der Waals surface area (Å²) in [5.41, 5.74) is 0. The first-order valence-corrected chi connectivity index (χ1v) is 7.13. The lowest BCUT2D eigenvalue weighted by molar-refractivity contribution is -0.210. The second-order valence-electron chi connectivity index (χ2n) is 6.48. The van der Waals surface area contributed by atoms with E-state index in [-0.39, 0.29) is 12.2 Å². The van der Waals surface area contributed by atoms with Gasteiger partial charge in [-0.15, -0.1) is 0 Å². The Morgan fingerprint density at radius 1 is 1.00 bits per heavy atom. The van der Waals surface area contributed by atoms with Crippen molar-refractivity contribution >= 4 is 5.97 Å². The first-order chi connectivity index (χ1) is 9.72. The van der Waals surface area contributed by atoms with Crippen LogP contribution in [0.25, 0.3) is 0 Å². The van der Waals surface area contributed by atoms with Crippen molar-refractivity contribution in [2.24, 2.45) is 0 Å². The van der Waals surface area contributed by atoms with Gasteiger partial charge in [0, 0.05) is 0 Å². The molecule has 3 rings (SSSR count). The molecule has 0 aliphatic carbocycles. The van der Waals surface area contributed by atoms with Crippen molar-refractivity contribution in [2.45, 2.75) is 69.8 Å². The number of hydrogen-bond acceptors (Lipinski definition) is 7. The van der Waals surface area contributed by atoms with Gasteiger partial charge in [0.1, 0.15) is 24.4 Å². The van der Waals surface area contributed by atoms with Crippen LogP contribution in [0, 0.1) is 0 Å². The molecular weight excluding hydrogens is 280 g/mol. The number of methoxy groups -OCH3 is 1. The highest BCUT2D eigenvalue weighted by Gasteiger charge is 2.61. The fourth-order valence-corrected chi connectivity index (χ4v) is 3.11. The Morgan fingerprint density at radius 3 is 2.24 bits per heavy atom. The number of hydrogen-bond donors (Lipinski definition) is 0. The van der Waals surface area contributed by atoms with Crippen LogP contribution in [0.15, 0.2) is 0 Å². The predicted octanol–water partition coefficient (Wildman–Crippen LogP) is 0.598. The molecule has 120 valence electrons. The van der Waals surface area contributed by atoms with Crippen LogP contribution in [0.2, 0.25) is 0 Å². The van der Waals surface area contributed by atoms with Gasteiger partial charge in [0.2, 0.25) is 0 Å². The minimum atomic E-state index is -0.806. The van der Waals surface area contributed by atoms with E-state index in [1.165, 1.54) is 7.11 Å². The average molecular weight is 302 g/mol. The van der Waals surface area contributed by atoms with E-state index < -0.39 is 35.9 Å². The monoisotopic (exact) mass is 302 g/mol. The summed E-state index contributed by atoms with van der Waals surface area (Å²) in [6, 6.07) is 0. The normalized spacial score (nSPS) is 43.8. The molecule has 0 unspecified atom stereocenters. The highest BCUT2D eigenvalue weighted by atomic mass is 16.8. The Labute approximate surface area is 123 Å². The number of carbonyl (C=O) groups excluding carboxylic acids is 1. The quantitative estimate of drug-likeness (QED) is 0.692. The first-order valence-electron chi connectivity index (χ1n) is 7.13. The molecule has 3 aliphatic rings. The first kappa shape index (κ1) is 15.2. The van der Waals surface area contributed by atoms with Crippen molar-refractivity contribution in [1.29, 1.82) is 0 Å². The maximum absolute atomic E-state index is 11.9. The van der Waals surface area contributed by atoms with E-state index in [0.29, 0.717) is 6.61 Å². The van der Waals surface area contributed by atoms with Crippen molar-refractivity contribution in [2.75, 3.05) is 13.7 Å². The Morgan fingerprint density at radius 2 is 1.67 bits per heavy atom. The lowest BCUT2D eigenvalue weighted by atomic mass is 10.0. The number of carbonyl (C=O) groups is 1. The number of fused-ring (bicyclic) bond motifs is 1. The smallest absolute Gasteiger partial charge is 0.337 e. The zero-order valence-electron chi connectivity index (χ0n) is 13.0. The van der Waals surface area contributed by atoms with E-state index in [2.05, 4.69) is 0 Å². The van der Waals surface area contributed by atoms with Gasteiger partial charge in [0.15, 0.2) is 17.7 Å². The average Bonchev–Trinajstić information content (AvgIpc) is 2.98. The van der Waals surface area contributed by atoms with Gasteiger partial charge >= 0.3 is 5.97 Å². The molecule has 3 fully saturated rings. The fourth-order valence-electron chi connectivity index (χ4n) is 3.11. The summed E-state index contributed by atoms with van der Waals surface area (Å²) >= 11 is 0. The summed E-state index contributed by atoms with van der Waals surface area (Å²) in [7, 11) is 1.33. The molecule has 0 amide bonds. The Hall–Kier alpha value is -0.730. The zero-order chi connectivity index (χ0) is 15.4. The maximum Gasteiger partial charge on any atom is 0.337 e. The van der Waals surface area contributed by atoms with Crippen molar-refractivity contribution in [3.63, 3.8) is 0 Å². The zero-order valence-corrected chi connectivity index (χ0v) is 13.0. The number of rotatable bonds is 2. The van der Waals surface area contributed by atoms with Crippen LogP contribution in [0.1, 0.15) is 27.7 Å². The van der Waals surface area contributed by atoms with Crippen molar-refractivity contribution in [3.8, 4) is 0 Å². The molecule has 0 radical (unpaired) electrons. The van der Waals surface area contributed by atoms with E-state index in [4.69, 9.17) is 28.4 Å². The molecule has 0 saturated carbocycles. The SMILES string of the molecule is COC(=O)[C@@H]1O[C@H]([C@@H]2COC(C)(C)O2)[C@@H]2OC(C)(C)O[C@@H]21. The molecule has 0 N–H and O–H groups in total. The van der Waals surface area contributed by atoms with Gasteiger partial charge in [-0.25, -0.2) is 4.79 Å². The van der Waals surface area contributed by atoms with E-state index in [0.717, 1.165) is 0 Å². The van der Waals surface area contributed by atoms with Crippen LogP contribution >= 0.6 is 0 Å². The van der Waals surface area contributed by atoms with Crippen LogP contribution in [-0.4, -0.2) is 61.8 Å². The molecule has 3 saturated heterocycles. The van der Waals surface area contributed by atoms with Gasteiger partial charge in [0.25, 0.3) is 0 Å². The summed E-state index contributed by atoms with van der Waals surface area (Å²) in [5, 5.41) is 0. The standard InChI is InChI=1S/C14H22O7/c1-13(2)17-6-7(19-13)8-9-10(21-14(3,4)20-9)11(18-8)12(15)16-5/h7-11H,6H2,1-5H3/t7-,8+,9-,10-,11+/m0/s1. The summed E-state index contributed by atoms with van der Waals surface area (Å²) < 4.78 is 33.7. The minimum absolute atomic E-state index is 0.306. The van der Waals surface area contributed by atoms with Crippen molar-refractivity contribution < 1.29 is 33.2 Å². The maximum atomic E-state index is 11.9. The van der Waals surface area contributed by atoms with E-state index in [1.54, 1.807) is 0 Å². The Kier molecular flexibility index (Phi) is 3.53. The topological polar surface area (TPSA) is 72.5 Å². The summed E-state index contributed by atoms with van der Waals surface area (Å²) in [5.74, 6) is -1.90. The predicted molar refractivity (Wildman–Crippen MR) is 69.4 cm³/mol.